The SMILES string of the molecule is O=[N+]([O-])c1cc(F)c(F)cc1S(=O)(=O)F. The Hall–Kier alpha value is -1.64. The number of rotatable bonds is 2. The monoisotopic (exact) mass is 241 g/mol. The van der Waals surface area contributed by atoms with Crippen LogP contribution >= 0.6 is 0 Å². The van der Waals surface area contributed by atoms with Crippen molar-refractivity contribution >= 4 is 15.9 Å². The molecule has 5 nitrogen and oxygen atoms in total. The van der Waals surface area contributed by atoms with E-state index in [1.807, 2.05) is 0 Å². The molecule has 0 N–H and O–H groups in total. The van der Waals surface area contributed by atoms with E-state index in [9.17, 15) is 31.2 Å². The van der Waals surface area contributed by atoms with Gasteiger partial charge >= 0.3 is 10.2 Å². The third-order valence-electron chi connectivity index (χ3n) is 1.46. The van der Waals surface area contributed by atoms with Crippen molar-refractivity contribution in [2.24, 2.45) is 0 Å². The second kappa shape index (κ2) is 3.50. The number of nitrogens with zero attached hydrogens (tertiary/aromatic N) is 1. The molecule has 15 heavy (non-hydrogen) atoms. The largest absolute Gasteiger partial charge is 0.339 e. The highest BCUT2D eigenvalue weighted by Crippen LogP contribution is 2.27. The Morgan fingerprint density at radius 3 is 2.07 bits per heavy atom. The lowest BCUT2D eigenvalue weighted by Gasteiger charge is -1.98. The lowest BCUT2D eigenvalue weighted by atomic mass is 10.3. The third kappa shape index (κ3) is 2.24. The van der Waals surface area contributed by atoms with E-state index in [1.165, 1.54) is 0 Å². The van der Waals surface area contributed by atoms with Gasteiger partial charge in [-0.2, -0.15) is 8.42 Å². The van der Waals surface area contributed by atoms with Crippen molar-refractivity contribution in [1.82, 2.24) is 0 Å². The van der Waals surface area contributed by atoms with Crippen LogP contribution < -0.4 is 0 Å². The zero-order chi connectivity index (χ0) is 11.8. The molecule has 0 bridgehead atoms. The third-order valence-corrected chi connectivity index (χ3v) is 2.31. The second-order valence-electron chi connectivity index (χ2n) is 2.43. The van der Waals surface area contributed by atoms with Crippen molar-refractivity contribution < 1.29 is 26.0 Å². The maximum absolute atomic E-state index is 12.5. The Balaban J connectivity index is 3.64. The Labute approximate surface area is 81.5 Å². The average molecular weight is 241 g/mol. The Morgan fingerprint density at radius 2 is 1.67 bits per heavy atom. The van der Waals surface area contributed by atoms with E-state index in [2.05, 4.69) is 0 Å². The number of benzene rings is 1. The summed E-state index contributed by atoms with van der Waals surface area (Å²) in [6, 6.07) is -0.0788. The van der Waals surface area contributed by atoms with Crippen LogP contribution in [0.3, 0.4) is 0 Å². The van der Waals surface area contributed by atoms with Gasteiger partial charge in [0.05, 0.1) is 11.0 Å². The molecule has 82 valence electrons. The molecular formula is C6H2F3NO4S. The van der Waals surface area contributed by atoms with Gasteiger partial charge in [0.1, 0.15) is 0 Å². The van der Waals surface area contributed by atoms with E-state index in [0.29, 0.717) is 0 Å². The summed E-state index contributed by atoms with van der Waals surface area (Å²) in [4.78, 5) is 7.38. The maximum Gasteiger partial charge on any atom is 0.339 e. The summed E-state index contributed by atoms with van der Waals surface area (Å²) >= 11 is 0. The minimum absolute atomic E-state index is 0.00178. The van der Waals surface area contributed by atoms with Gasteiger partial charge in [0.15, 0.2) is 16.5 Å². The molecule has 0 spiro atoms. The lowest BCUT2D eigenvalue weighted by Crippen LogP contribution is -2.02. The molecular weight excluding hydrogens is 239 g/mol. The molecule has 0 unspecified atom stereocenters. The number of hydrogen-bond donors (Lipinski definition) is 0. The first kappa shape index (κ1) is 11.4. The van der Waals surface area contributed by atoms with Gasteiger partial charge in [0.2, 0.25) is 0 Å². The molecule has 9 heteroatoms. The molecule has 0 saturated heterocycles. The molecule has 0 amide bonds. The number of nitro benzene ring substituents is 1. The number of hydrogen-bond acceptors (Lipinski definition) is 4. The average Bonchev–Trinajstić information content (AvgIpc) is 2.06. The van der Waals surface area contributed by atoms with Crippen LogP contribution in [0.4, 0.5) is 18.4 Å². The molecule has 0 saturated carbocycles. The molecule has 0 radical (unpaired) electrons. The van der Waals surface area contributed by atoms with Gasteiger partial charge in [-0.3, -0.25) is 10.1 Å². The van der Waals surface area contributed by atoms with Crippen molar-refractivity contribution in [2.45, 2.75) is 4.90 Å². The zero-order valence-corrected chi connectivity index (χ0v) is 7.59. The topological polar surface area (TPSA) is 77.3 Å². The fourth-order valence-corrected chi connectivity index (χ4v) is 1.48. The second-order valence-corrected chi connectivity index (χ2v) is 3.74. The standard InChI is InChI=1S/C6H2F3NO4S/c7-3-1-5(10(11)12)6(2-4(3)8)15(9,13)14/h1-2H. The fourth-order valence-electron chi connectivity index (χ4n) is 0.856. The van der Waals surface area contributed by atoms with Crippen LogP contribution in [-0.4, -0.2) is 13.3 Å². The zero-order valence-electron chi connectivity index (χ0n) is 6.78. The van der Waals surface area contributed by atoms with Gasteiger partial charge in [-0.1, -0.05) is 0 Å². The fraction of sp³-hybridized carbons (Fsp3) is 0. The van der Waals surface area contributed by atoms with Crippen LogP contribution in [0.15, 0.2) is 17.0 Å². The van der Waals surface area contributed by atoms with Crippen LogP contribution in [0.25, 0.3) is 0 Å². The molecule has 0 heterocycles. The number of nitro groups is 1. The quantitative estimate of drug-likeness (QED) is 0.447. The van der Waals surface area contributed by atoms with Crippen LogP contribution in [0.5, 0.6) is 0 Å². The molecule has 0 aromatic heterocycles. The summed E-state index contributed by atoms with van der Waals surface area (Å²) < 4.78 is 58.2. The minimum Gasteiger partial charge on any atom is -0.258 e. The van der Waals surface area contributed by atoms with E-state index >= 15 is 0 Å². The summed E-state index contributed by atoms with van der Waals surface area (Å²) in [5, 5.41) is 10.2. The Kier molecular flexibility index (Phi) is 2.67. The molecule has 1 aromatic rings. The first-order chi connectivity index (χ1) is 6.73. The normalized spacial score (nSPS) is 11.4. The van der Waals surface area contributed by atoms with Gasteiger partial charge < -0.3 is 0 Å². The van der Waals surface area contributed by atoms with Crippen LogP contribution in [-0.2, 0) is 10.2 Å². The molecule has 0 fully saturated rings. The van der Waals surface area contributed by atoms with E-state index in [-0.39, 0.29) is 12.1 Å². The first-order valence-electron chi connectivity index (χ1n) is 3.31. The van der Waals surface area contributed by atoms with Crippen LogP contribution in [0.2, 0.25) is 0 Å². The van der Waals surface area contributed by atoms with Crippen molar-refractivity contribution in [3.63, 3.8) is 0 Å². The van der Waals surface area contributed by atoms with E-state index in [4.69, 9.17) is 0 Å². The highest BCUT2D eigenvalue weighted by Gasteiger charge is 2.28. The van der Waals surface area contributed by atoms with Crippen molar-refractivity contribution in [1.29, 1.82) is 0 Å². The maximum atomic E-state index is 12.5. The lowest BCUT2D eigenvalue weighted by molar-refractivity contribution is -0.388. The Morgan fingerprint density at radius 1 is 1.20 bits per heavy atom. The van der Waals surface area contributed by atoms with E-state index in [1.54, 1.807) is 0 Å². The molecule has 0 atom stereocenters. The minimum atomic E-state index is -5.47. The molecule has 0 aliphatic heterocycles. The molecule has 0 aliphatic carbocycles. The number of halogens is 3. The smallest absolute Gasteiger partial charge is 0.258 e. The first-order valence-corrected chi connectivity index (χ1v) is 4.70. The predicted molar refractivity (Wildman–Crippen MR) is 41.3 cm³/mol. The molecule has 0 aliphatic rings. The summed E-state index contributed by atoms with van der Waals surface area (Å²) in [5.41, 5.74) is -1.35. The van der Waals surface area contributed by atoms with Crippen molar-refractivity contribution in [2.75, 3.05) is 0 Å². The van der Waals surface area contributed by atoms with Crippen LogP contribution in [0.1, 0.15) is 0 Å². The highest BCUT2D eigenvalue weighted by atomic mass is 32.3. The predicted octanol–water partition coefficient (Wildman–Crippen LogP) is 1.53. The van der Waals surface area contributed by atoms with Gasteiger partial charge in [0, 0.05) is 6.07 Å². The summed E-state index contributed by atoms with van der Waals surface area (Å²) in [7, 11) is -5.47. The van der Waals surface area contributed by atoms with Gasteiger partial charge in [0.25, 0.3) is 5.69 Å². The Bertz CT molecular complexity index is 527. The van der Waals surface area contributed by atoms with Crippen molar-refractivity contribution in [3.8, 4) is 0 Å². The summed E-state index contributed by atoms with van der Waals surface area (Å²) in [5.74, 6) is -3.31. The molecule has 1 rings (SSSR count). The highest BCUT2D eigenvalue weighted by molar-refractivity contribution is 7.86. The van der Waals surface area contributed by atoms with Gasteiger partial charge in [-0.15, -0.1) is 3.89 Å². The summed E-state index contributed by atoms with van der Waals surface area (Å²) in [6.45, 7) is 0. The summed E-state index contributed by atoms with van der Waals surface area (Å²) in [6.07, 6.45) is 0. The van der Waals surface area contributed by atoms with E-state index in [0.717, 1.165) is 0 Å². The van der Waals surface area contributed by atoms with Gasteiger partial charge in [-0.25, -0.2) is 8.78 Å². The van der Waals surface area contributed by atoms with E-state index < -0.39 is 37.4 Å². The van der Waals surface area contributed by atoms with Gasteiger partial charge in [-0.05, 0) is 0 Å². The van der Waals surface area contributed by atoms with Crippen molar-refractivity contribution in [3.05, 3.63) is 33.9 Å². The van der Waals surface area contributed by atoms with Crippen LogP contribution in [0, 0.1) is 21.7 Å². The molecule has 1 aromatic carbocycles.